The first-order chi connectivity index (χ1) is 15.9. The summed E-state index contributed by atoms with van der Waals surface area (Å²) >= 11 is 0. The molecule has 1 unspecified atom stereocenters. The fourth-order valence-electron chi connectivity index (χ4n) is 5.12. The maximum Gasteiger partial charge on any atom is 0.307 e. The van der Waals surface area contributed by atoms with E-state index in [1.54, 1.807) is 4.90 Å². The van der Waals surface area contributed by atoms with Gasteiger partial charge in [-0.15, -0.1) is 0 Å². The lowest BCUT2D eigenvalue weighted by atomic mass is 9.89. The Labute approximate surface area is 195 Å². The van der Waals surface area contributed by atoms with Crippen molar-refractivity contribution in [1.82, 2.24) is 4.90 Å². The molecule has 2 fully saturated rings. The number of benzene rings is 2. The molecule has 176 valence electrons. The van der Waals surface area contributed by atoms with Crippen LogP contribution in [0, 0.1) is 0 Å². The molecule has 4 rings (SSSR count). The summed E-state index contributed by atoms with van der Waals surface area (Å²) in [7, 11) is -3.11. The SMILES string of the molecule is O=C(CC(c1ccccc1)c1ccccc1)OCC(=O)N(C1CCCC1)C1CCS(=O)(=O)C1. The average Bonchev–Trinajstić information content (AvgIpc) is 3.47. The lowest BCUT2D eigenvalue weighted by molar-refractivity contribution is -0.154. The van der Waals surface area contributed by atoms with E-state index in [2.05, 4.69) is 0 Å². The Morgan fingerprint density at radius 3 is 1.97 bits per heavy atom. The normalized spacial score (nSPS) is 20.1. The highest BCUT2D eigenvalue weighted by Gasteiger charge is 2.39. The average molecular weight is 470 g/mol. The zero-order chi connectivity index (χ0) is 23.3. The van der Waals surface area contributed by atoms with E-state index in [0.29, 0.717) is 6.42 Å². The van der Waals surface area contributed by atoms with Crippen molar-refractivity contribution < 1.29 is 22.7 Å². The zero-order valence-corrected chi connectivity index (χ0v) is 19.6. The number of nitrogens with zero attached hydrogens (tertiary/aromatic N) is 1. The van der Waals surface area contributed by atoms with Crippen molar-refractivity contribution in [3.8, 4) is 0 Å². The summed E-state index contributed by atoms with van der Waals surface area (Å²) in [6, 6.07) is 19.3. The van der Waals surface area contributed by atoms with Crippen LogP contribution in [0.3, 0.4) is 0 Å². The Kier molecular flexibility index (Phi) is 7.48. The summed E-state index contributed by atoms with van der Waals surface area (Å²) in [6.07, 6.45) is 4.40. The van der Waals surface area contributed by atoms with Gasteiger partial charge in [0.15, 0.2) is 16.4 Å². The maximum absolute atomic E-state index is 13.1. The molecule has 0 bridgehead atoms. The molecule has 0 N–H and O–H groups in total. The number of amides is 1. The van der Waals surface area contributed by atoms with Crippen LogP contribution in [0.1, 0.15) is 55.6 Å². The molecule has 1 saturated heterocycles. The Morgan fingerprint density at radius 1 is 0.879 bits per heavy atom. The molecule has 2 aromatic rings. The number of carbonyl (C=O) groups is 2. The fraction of sp³-hybridized carbons (Fsp3) is 0.462. The largest absolute Gasteiger partial charge is 0.456 e. The van der Waals surface area contributed by atoms with Gasteiger partial charge in [0, 0.05) is 18.0 Å². The van der Waals surface area contributed by atoms with Gasteiger partial charge in [-0.1, -0.05) is 73.5 Å². The molecule has 2 aliphatic rings. The predicted molar refractivity (Wildman–Crippen MR) is 126 cm³/mol. The van der Waals surface area contributed by atoms with Gasteiger partial charge in [0.05, 0.1) is 17.9 Å². The number of esters is 1. The first kappa shape index (κ1) is 23.5. The van der Waals surface area contributed by atoms with Gasteiger partial charge >= 0.3 is 5.97 Å². The van der Waals surface area contributed by atoms with Gasteiger partial charge in [-0.05, 0) is 30.4 Å². The predicted octanol–water partition coefficient (Wildman–Crippen LogP) is 3.71. The summed E-state index contributed by atoms with van der Waals surface area (Å²) in [6.45, 7) is -0.345. The van der Waals surface area contributed by atoms with E-state index >= 15 is 0 Å². The Hall–Kier alpha value is -2.67. The van der Waals surface area contributed by atoms with Gasteiger partial charge in [-0.25, -0.2) is 8.42 Å². The zero-order valence-electron chi connectivity index (χ0n) is 18.8. The highest BCUT2D eigenvalue weighted by Crippen LogP contribution is 2.30. The molecule has 1 atom stereocenters. The smallest absolute Gasteiger partial charge is 0.307 e. The minimum Gasteiger partial charge on any atom is -0.456 e. The summed E-state index contributed by atoms with van der Waals surface area (Å²) in [5, 5.41) is 0. The van der Waals surface area contributed by atoms with E-state index in [4.69, 9.17) is 4.74 Å². The second-order valence-corrected chi connectivity index (χ2v) is 11.3. The van der Waals surface area contributed by atoms with Crippen molar-refractivity contribution in [2.45, 2.75) is 56.5 Å². The third-order valence-corrected chi connectivity index (χ3v) is 8.49. The Bertz CT molecular complexity index is 1010. The quantitative estimate of drug-likeness (QED) is 0.551. The first-order valence-corrected chi connectivity index (χ1v) is 13.5. The van der Waals surface area contributed by atoms with Gasteiger partial charge in [-0.2, -0.15) is 0 Å². The molecule has 1 aliphatic carbocycles. The summed E-state index contributed by atoms with van der Waals surface area (Å²) in [5.74, 6) is -0.766. The molecule has 33 heavy (non-hydrogen) atoms. The van der Waals surface area contributed by atoms with Crippen LogP contribution in [0.25, 0.3) is 0 Å². The first-order valence-electron chi connectivity index (χ1n) is 11.7. The second kappa shape index (κ2) is 10.5. The van der Waals surface area contributed by atoms with E-state index in [-0.39, 0.29) is 48.4 Å². The van der Waals surface area contributed by atoms with Gasteiger partial charge in [-0.3, -0.25) is 9.59 Å². The van der Waals surface area contributed by atoms with E-state index in [1.165, 1.54) is 0 Å². The lowest BCUT2D eigenvalue weighted by Gasteiger charge is -2.34. The summed E-state index contributed by atoms with van der Waals surface area (Å²) < 4.78 is 29.5. The van der Waals surface area contributed by atoms with Crippen molar-refractivity contribution in [1.29, 1.82) is 0 Å². The third-order valence-electron chi connectivity index (χ3n) is 6.74. The molecule has 1 heterocycles. The van der Waals surface area contributed by atoms with Gasteiger partial charge in [0.1, 0.15) is 0 Å². The highest BCUT2D eigenvalue weighted by atomic mass is 32.2. The van der Waals surface area contributed by atoms with E-state index in [0.717, 1.165) is 36.8 Å². The Balaban J connectivity index is 1.42. The van der Waals surface area contributed by atoms with Crippen LogP contribution in [0.2, 0.25) is 0 Å². The Morgan fingerprint density at radius 2 is 1.45 bits per heavy atom. The van der Waals surface area contributed by atoms with Crippen LogP contribution in [-0.4, -0.2) is 55.4 Å². The molecule has 1 aliphatic heterocycles. The monoisotopic (exact) mass is 469 g/mol. The number of ether oxygens (including phenoxy) is 1. The minimum absolute atomic E-state index is 0.00722. The second-order valence-electron chi connectivity index (χ2n) is 9.03. The maximum atomic E-state index is 13.1. The topological polar surface area (TPSA) is 80.8 Å². The third kappa shape index (κ3) is 6.02. The van der Waals surface area contributed by atoms with Crippen LogP contribution < -0.4 is 0 Å². The molecule has 7 heteroatoms. The van der Waals surface area contributed by atoms with Gasteiger partial charge < -0.3 is 9.64 Å². The molecular weight excluding hydrogens is 438 g/mol. The van der Waals surface area contributed by atoms with Crippen LogP contribution in [0.15, 0.2) is 60.7 Å². The van der Waals surface area contributed by atoms with Crippen LogP contribution in [-0.2, 0) is 24.2 Å². The number of hydrogen-bond acceptors (Lipinski definition) is 5. The summed E-state index contributed by atoms with van der Waals surface area (Å²) in [4.78, 5) is 27.6. The standard InChI is InChI=1S/C26H31NO5S/c28-25(27(22-13-7-8-14-22)23-15-16-33(30,31)19-23)18-32-26(29)17-24(20-9-3-1-4-10-20)21-11-5-2-6-12-21/h1-6,9-12,22-24H,7-8,13-19H2. The van der Waals surface area contributed by atoms with Crippen LogP contribution in [0.4, 0.5) is 0 Å². The number of hydrogen-bond donors (Lipinski definition) is 0. The minimum atomic E-state index is -3.11. The van der Waals surface area contributed by atoms with E-state index < -0.39 is 15.8 Å². The lowest BCUT2D eigenvalue weighted by Crippen LogP contribution is -2.48. The number of carbonyl (C=O) groups excluding carboxylic acids is 2. The molecule has 6 nitrogen and oxygen atoms in total. The molecule has 0 radical (unpaired) electrons. The molecule has 0 aromatic heterocycles. The van der Waals surface area contributed by atoms with Gasteiger partial charge in [0.25, 0.3) is 5.91 Å². The van der Waals surface area contributed by atoms with E-state index in [9.17, 15) is 18.0 Å². The molecule has 1 amide bonds. The van der Waals surface area contributed by atoms with Crippen molar-refractivity contribution in [2.75, 3.05) is 18.1 Å². The van der Waals surface area contributed by atoms with Gasteiger partial charge in [0.2, 0.25) is 0 Å². The molecule has 2 aromatic carbocycles. The van der Waals surface area contributed by atoms with Crippen LogP contribution in [0.5, 0.6) is 0 Å². The van der Waals surface area contributed by atoms with Crippen LogP contribution >= 0.6 is 0 Å². The number of rotatable bonds is 8. The molecule has 1 saturated carbocycles. The fourth-order valence-corrected chi connectivity index (χ4v) is 6.84. The number of sulfone groups is 1. The van der Waals surface area contributed by atoms with E-state index in [1.807, 2.05) is 60.7 Å². The highest BCUT2D eigenvalue weighted by molar-refractivity contribution is 7.91. The summed E-state index contributed by atoms with van der Waals surface area (Å²) in [5.41, 5.74) is 2.02. The van der Waals surface area contributed by atoms with Crippen molar-refractivity contribution in [2.24, 2.45) is 0 Å². The molecule has 0 spiro atoms. The molecular formula is C26H31NO5S. The van der Waals surface area contributed by atoms with Crippen molar-refractivity contribution >= 4 is 21.7 Å². The van der Waals surface area contributed by atoms with Crippen molar-refractivity contribution in [3.63, 3.8) is 0 Å². The van der Waals surface area contributed by atoms with Crippen molar-refractivity contribution in [3.05, 3.63) is 71.8 Å².